The van der Waals surface area contributed by atoms with E-state index in [1.807, 2.05) is 0 Å². The fraction of sp³-hybridized carbons (Fsp3) is 1.00. The third kappa shape index (κ3) is 3.76. The molecule has 0 bridgehead atoms. The Kier molecular flexibility index (Phi) is 4.45. The molecule has 0 aromatic rings. The SMILES string of the molecule is CNC(CCC(C)(C)C)C1CCCC1(C)C. The second kappa shape index (κ2) is 5.08. The van der Waals surface area contributed by atoms with E-state index in [2.05, 4.69) is 47.0 Å². The first kappa shape index (κ1) is 14.0. The van der Waals surface area contributed by atoms with Gasteiger partial charge in [0.1, 0.15) is 0 Å². The van der Waals surface area contributed by atoms with Crippen molar-refractivity contribution < 1.29 is 0 Å². The summed E-state index contributed by atoms with van der Waals surface area (Å²) in [5, 5.41) is 3.57. The summed E-state index contributed by atoms with van der Waals surface area (Å²) in [6.07, 6.45) is 6.90. The third-order valence-corrected chi connectivity index (χ3v) is 4.40. The molecule has 1 aliphatic carbocycles. The van der Waals surface area contributed by atoms with Gasteiger partial charge in [-0.1, -0.05) is 41.0 Å². The van der Waals surface area contributed by atoms with E-state index < -0.39 is 0 Å². The predicted octanol–water partition coefficient (Wildman–Crippen LogP) is 4.23. The molecule has 2 unspecified atom stereocenters. The van der Waals surface area contributed by atoms with Crippen molar-refractivity contribution in [3.63, 3.8) is 0 Å². The zero-order valence-electron chi connectivity index (χ0n) is 12.2. The van der Waals surface area contributed by atoms with Crippen molar-refractivity contribution in [2.75, 3.05) is 7.05 Å². The Morgan fingerprint density at radius 1 is 1.31 bits per heavy atom. The molecular weight excluding hydrogens is 194 g/mol. The van der Waals surface area contributed by atoms with Crippen LogP contribution in [0.25, 0.3) is 0 Å². The largest absolute Gasteiger partial charge is 0.317 e. The van der Waals surface area contributed by atoms with Gasteiger partial charge in [0.25, 0.3) is 0 Å². The molecule has 0 amide bonds. The van der Waals surface area contributed by atoms with Crippen LogP contribution in [0.3, 0.4) is 0 Å². The van der Waals surface area contributed by atoms with E-state index in [4.69, 9.17) is 0 Å². The predicted molar refractivity (Wildman–Crippen MR) is 72.7 cm³/mol. The molecular formula is C15H31N. The lowest BCUT2D eigenvalue weighted by atomic mass is 9.75. The molecule has 1 saturated carbocycles. The summed E-state index contributed by atoms with van der Waals surface area (Å²) < 4.78 is 0. The fourth-order valence-electron chi connectivity index (χ4n) is 3.23. The Bertz CT molecular complexity index is 212. The summed E-state index contributed by atoms with van der Waals surface area (Å²) in [5.41, 5.74) is 1.02. The Hall–Kier alpha value is -0.0400. The Balaban J connectivity index is 2.54. The molecule has 0 spiro atoms. The second-order valence-electron chi connectivity index (χ2n) is 7.48. The molecule has 1 aliphatic rings. The highest BCUT2D eigenvalue weighted by Crippen LogP contribution is 2.45. The van der Waals surface area contributed by atoms with Crippen molar-refractivity contribution in [1.82, 2.24) is 5.32 Å². The molecule has 96 valence electrons. The minimum absolute atomic E-state index is 0.470. The van der Waals surface area contributed by atoms with E-state index in [-0.39, 0.29) is 0 Å². The highest BCUT2D eigenvalue weighted by Gasteiger charge is 2.38. The lowest BCUT2D eigenvalue weighted by Gasteiger charge is -2.35. The number of rotatable bonds is 4. The van der Waals surface area contributed by atoms with Crippen molar-refractivity contribution in [1.29, 1.82) is 0 Å². The van der Waals surface area contributed by atoms with Gasteiger partial charge in [0.05, 0.1) is 0 Å². The van der Waals surface area contributed by atoms with Gasteiger partial charge in [-0.05, 0) is 49.5 Å². The van der Waals surface area contributed by atoms with Gasteiger partial charge in [-0.15, -0.1) is 0 Å². The van der Waals surface area contributed by atoms with E-state index in [1.165, 1.54) is 32.1 Å². The first-order valence-electron chi connectivity index (χ1n) is 6.93. The Labute approximate surface area is 102 Å². The summed E-state index contributed by atoms with van der Waals surface area (Å²) in [6.45, 7) is 11.9. The van der Waals surface area contributed by atoms with Crippen LogP contribution in [0.5, 0.6) is 0 Å². The van der Waals surface area contributed by atoms with E-state index in [9.17, 15) is 0 Å². The Morgan fingerprint density at radius 2 is 1.94 bits per heavy atom. The van der Waals surface area contributed by atoms with Gasteiger partial charge in [-0.3, -0.25) is 0 Å². The molecule has 1 rings (SSSR count). The van der Waals surface area contributed by atoms with Gasteiger partial charge in [-0.25, -0.2) is 0 Å². The van der Waals surface area contributed by atoms with Crippen LogP contribution >= 0.6 is 0 Å². The molecule has 1 N–H and O–H groups in total. The molecule has 1 heteroatoms. The molecule has 0 aliphatic heterocycles. The summed E-state index contributed by atoms with van der Waals surface area (Å²) in [6, 6.07) is 0.719. The monoisotopic (exact) mass is 225 g/mol. The van der Waals surface area contributed by atoms with Crippen LogP contribution in [0.2, 0.25) is 0 Å². The van der Waals surface area contributed by atoms with Crippen molar-refractivity contribution >= 4 is 0 Å². The summed E-state index contributed by atoms with van der Waals surface area (Å²) in [5.74, 6) is 0.875. The van der Waals surface area contributed by atoms with Crippen molar-refractivity contribution in [2.24, 2.45) is 16.7 Å². The second-order valence-corrected chi connectivity index (χ2v) is 7.48. The van der Waals surface area contributed by atoms with Crippen LogP contribution in [0, 0.1) is 16.7 Å². The summed E-state index contributed by atoms with van der Waals surface area (Å²) >= 11 is 0. The van der Waals surface area contributed by atoms with Crippen molar-refractivity contribution in [3.8, 4) is 0 Å². The minimum Gasteiger partial charge on any atom is -0.317 e. The van der Waals surface area contributed by atoms with Crippen LogP contribution in [0.1, 0.15) is 66.7 Å². The van der Waals surface area contributed by atoms with Gasteiger partial charge < -0.3 is 5.32 Å². The standard InChI is InChI=1S/C15H31N/c1-14(2,3)11-9-13(16-6)12-8-7-10-15(12,4)5/h12-13,16H,7-11H2,1-6H3. The zero-order chi connectivity index (χ0) is 12.4. The lowest BCUT2D eigenvalue weighted by molar-refractivity contribution is 0.182. The lowest BCUT2D eigenvalue weighted by Crippen LogP contribution is -2.39. The van der Waals surface area contributed by atoms with Crippen LogP contribution < -0.4 is 5.32 Å². The van der Waals surface area contributed by atoms with Gasteiger partial charge in [0.15, 0.2) is 0 Å². The van der Waals surface area contributed by atoms with Gasteiger partial charge in [0, 0.05) is 6.04 Å². The van der Waals surface area contributed by atoms with Crippen LogP contribution in [0.4, 0.5) is 0 Å². The topological polar surface area (TPSA) is 12.0 Å². The molecule has 0 heterocycles. The zero-order valence-corrected chi connectivity index (χ0v) is 12.2. The molecule has 1 nitrogen and oxygen atoms in total. The van der Waals surface area contributed by atoms with Gasteiger partial charge in [0.2, 0.25) is 0 Å². The van der Waals surface area contributed by atoms with Crippen molar-refractivity contribution in [2.45, 2.75) is 72.8 Å². The molecule has 2 atom stereocenters. The van der Waals surface area contributed by atoms with E-state index >= 15 is 0 Å². The summed E-state index contributed by atoms with van der Waals surface area (Å²) in [7, 11) is 2.14. The van der Waals surface area contributed by atoms with Crippen molar-refractivity contribution in [3.05, 3.63) is 0 Å². The molecule has 0 saturated heterocycles. The molecule has 0 aromatic carbocycles. The summed E-state index contributed by atoms with van der Waals surface area (Å²) in [4.78, 5) is 0. The highest BCUT2D eigenvalue weighted by molar-refractivity contribution is 4.92. The first-order chi connectivity index (χ1) is 7.26. The molecule has 0 radical (unpaired) electrons. The average Bonchev–Trinajstić information content (AvgIpc) is 2.46. The number of hydrogen-bond acceptors (Lipinski definition) is 1. The average molecular weight is 225 g/mol. The normalized spacial score (nSPS) is 27.0. The third-order valence-electron chi connectivity index (χ3n) is 4.40. The molecule has 0 aromatic heterocycles. The molecule has 16 heavy (non-hydrogen) atoms. The highest BCUT2D eigenvalue weighted by atomic mass is 14.9. The van der Waals surface area contributed by atoms with Gasteiger partial charge >= 0.3 is 0 Å². The maximum absolute atomic E-state index is 3.57. The first-order valence-corrected chi connectivity index (χ1v) is 6.93. The fourth-order valence-corrected chi connectivity index (χ4v) is 3.23. The van der Waals surface area contributed by atoms with E-state index in [0.29, 0.717) is 10.8 Å². The Morgan fingerprint density at radius 3 is 2.31 bits per heavy atom. The number of hydrogen-bond donors (Lipinski definition) is 1. The maximum atomic E-state index is 3.57. The maximum Gasteiger partial charge on any atom is 0.00976 e. The van der Waals surface area contributed by atoms with E-state index in [1.54, 1.807) is 0 Å². The smallest absolute Gasteiger partial charge is 0.00976 e. The number of nitrogens with one attached hydrogen (secondary N) is 1. The van der Waals surface area contributed by atoms with E-state index in [0.717, 1.165) is 12.0 Å². The van der Waals surface area contributed by atoms with Crippen LogP contribution in [-0.2, 0) is 0 Å². The molecule has 1 fully saturated rings. The quantitative estimate of drug-likeness (QED) is 0.755. The van der Waals surface area contributed by atoms with Gasteiger partial charge in [-0.2, -0.15) is 0 Å². The minimum atomic E-state index is 0.470. The van der Waals surface area contributed by atoms with Crippen LogP contribution in [0.15, 0.2) is 0 Å². The van der Waals surface area contributed by atoms with Crippen LogP contribution in [-0.4, -0.2) is 13.1 Å².